The molecule has 0 N–H and O–H groups in total. The number of rotatable bonds is 3. The lowest BCUT2D eigenvalue weighted by Crippen LogP contribution is -2.52. The molecule has 6 rings (SSSR count). The Bertz CT molecular complexity index is 1060. The number of hydrogen-bond acceptors (Lipinski definition) is 4. The summed E-state index contributed by atoms with van der Waals surface area (Å²) >= 11 is 1.94. The summed E-state index contributed by atoms with van der Waals surface area (Å²) in [6.07, 6.45) is 9.26. The van der Waals surface area contributed by atoms with Crippen LogP contribution in [0.25, 0.3) is 10.6 Å². The first kappa shape index (κ1) is 20.9. The van der Waals surface area contributed by atoms with Crippen molar-refractivity contribution in [2.75, 3.05) is 6.61 Å². The Morgan fingerprint density at radius 2 is 1.97 bits per heavy atom. The maximum absolute atomic E-state index is 12.7. The fraction of sp³-hybridized carbons (Fsp3) is 0.643. The molecular formula is C28H35NO2S. The van der Waals surface area contributed by atoms with Crippen LogP contribution in [-0.2, 0) is 11.2 Å². The van der Waals surface area contributed by atoms with E-state index in [-0.39, 0.29) is 5.41 Å². The molecule has 4 heteroatoms. The SMILES string of the molecule is CCOc1cccc(-c2nc3c(s2)C2CC[C@@H]4[C@H](CC[C@]5(C)C(=O)CC[C@@H]45)[C@@]2(C)CC3)c1. The third kappa shape index (κ3) is 2.90. The highest BCUT2D eigenvalue weighted by Gasteiger charge is 2.60. The van der Waals surface area contributed by atoms with Crippen LogP contribution in [0.2, 0.25) is 0 Å². The third-order valence-electron chi connectivity index (χ3n) is 9.91. The van der Waals surface area contributed by atoms with Gasteiger partial charge in [-0.05, 0) is 87.2 Å². The van der Waals surface area contributed by atoms with Gasteiger partial charge in [-0.15, -0.1) is 11.3 Å². The molecule has 1 aromatic heterocycles. The summed E-state index contributed by atoms with van der Waals surface area (Å²) in [5.41, 5.74) is 2.88. The Labute approximate surface area is 196 Å². The summed E-state index contributed by atoms with van der Waals surface area (Å²) in [6, 6.07) is 8.42. The van der Waals surface area contributed by atoms with E-state index >= 15 is 0 Å². The van der Waals surface area contributed by atoms with Crippen molar-refractivity contribution in [3.63, 3.8) is 0 Å². The van der Waals surface area contributed by atoms with Crippen LogP contribution in [0.5, 0.6) is 5.75 Å². The van der Waals surface area contributed by atoms with Crippen LogP contribution < -0.4 is 4.74 Å². The predicted octanol–water partition coefficient (Wildman–Crippen LogP) is 7.05. The van der Waals surface area contributed by atoms with E-state index in [1.165, 1.54) is 36.9 Å². The van der Waals surface area contributed by atoms with Gasteiger partial charge in [0.05, 0.1) is 12.3 Å². The first-order chi connectivity index (χ1) is 15.4. The molecule has 4 aliphatic carbocycles. The van der Waals surface area contributed by atoms with Gasteiger partial charge in [0, 0.05) is 28.2 Å². The van der Waals surface area contributed by atoms with Gasteiger partial charge >= 0.3 is 0 Å². The number of benzene rings is 1. The smallest absolute Gasteiger partial charge is 0.139 e. The number of ether oxygens (including phenoxy) is 1. The predicted molar refractivity (Wildman–Crippen MR) is 129 cm³/mol. The Hall–Kier alpha value is -1.68. The monoisotopic (exact) mass is 449 g/mol. The molecule has 4 aliphatic rings. The summed E-state index contributed by atoms with van der Waals surface area (Å²) in [5.74, 6) is 4.27. The molecule has 0 amide bonds. The number of aryl methyl sites for hydroxylation is 1. The number of carbonyl (C=O) groups is 1. The number of ketones is 1. The van der Waals surface area contributed by atoms with Crippen LogP contribution >= 0.6 is 11.3 Å². The number of Topliss-reactive ketones (excluding diaryl/α,β-unsaturated/α-hetero) is 1. The molecule has 3 saturated carbocycles. The zero-order chi connectivity index (χ0) is 22.1. The second kappa shape index (κ2) is 7.41. The highest BCUT2D eigenvalue weighted by Crippen LogP contribution is 2.67. The molecule has 3 fully saturated rings. The summed E-state index contributed by atoms with van der Waals surface area (Å²) in [4.78, 5) is 19.4. The van der Waals surface area contributed by atoms with Crippen LogP contribution in [0.4, 0.5) is 0 Å². The van der Waals surface area contributed by atoms with Crippen molar-refractivity contribution in [1.29, 1.82) is 0 Å². The molecule has 6 atom stereocenters. The van der Waals surface area contributed by atoms with E-state index < -0.39 is 0 Å². The Balaban J connectivity index is 1.32. The average Bonchev–Trinajstić information content (AvgIpc) is 3.35. The van der Waals surface area contributed by atoms with Crippen molar-refractivity contribution < 1.29 is 9.53 Å². The van der Waals surface area contributed by atoms with E-state index in [0.29, 0.717) is 29.6 Å². The minimum Gasteiger partial charge on any atom is -0.494 e. The van der Waals surface area contributed by atoms with Crippen molar-refractivity contribution in [3.05, 3.63) is 34.8 Å². The van der Waals surface area contributed by atoms with E-state index in [1.807, 2.05) is 24.3 Å². The van der Waals surface area contributed by atoms with Crippen LogP contribution in [0.15, 0.2) is 24.3 Å². The summed E-state index contributed by atoms with van der Waals surface area (Å²) < 4.78 is 5.73. The minimum absolute atomic E-state index is 0.0204. The lowest BCUT2D eigenvalue weighted by atomic mass is 9.46. The van der Waals surface area contributed by atoms with E-state index in [4.69, 9.17) is 9.72 Å². The molecule has 0 spiro atoms. The normalized spacial score (nSPS) is 37.9. The molecule has 0 aliphatic heterocycles. The van der Waals surface area contributed by atoms with Crippen molar-refractivity contribution in [2.24, 2.45) is 28.6 Å². The molecule has 2 aromatic rings. The number of fused-ring (bicyclic) bond motifs is 7. The van der Waals surface area contributed by atoms with Crippen molar-refractivity contribution >= 4 is 17.1 Å². The lowest BCUT2D eigenvalue weighted by Gasteiger charge is -2.59. The Kier molecular flexibility index (Phi) is 4.84. The fourth-order valence-electron chi connectivity index (χ4n) is 8.23. The van der Waals surface area contributed by atoms with Gasteiger partial charge in [0.15, 0.2) is 0 Å². The fourth-order valence-corrected chi connectivity index (χ4v) is 9.63. The average molecular weight is 450 g/mol. The maximum atomic E-state index is 12.7. The summed E-state index contributed by atoms with van der Waals surface area (Å²) in [7, 11) is 0. The second-order valence-electron chi connectivity index (χ2n) is 11.2. The molecular weight excluding hydrogens is 414 g/mol. The lowest BCUT2D eigenvalue weighted by molar-refractivity contribution is -0.134. The topological polar surface area (TPSA) is 39.2 Å². The molecule has 32 heavy (non-hydrogen) atoms. The molecule has 3 nitrogen and oxygen atoms in total. The van der Waals surface area contributed by atoms with Gasteiger partial charge < -0.3 is 4.74 Å². The van der Waals surface area contributed by atoms with Crippen LogP contribution in [0.1, 0.15) is 82.2 Å². The van der Waals surface area contributed by atoms with Gasteiger partial charge in [-0.2, -0.15) is 0 Å². The highest BCUT2D eigenvalue weighted by molar-refractivity contribution is 7.15. The van der Waals surface area contributed by atoms with Crippen LogP contribution in [0.3, 0.4) is 0 Å². The van der Waals surface area contributed by atoms with E-state index in [0.717, 1.165) is 48.3 Å². The van der Waals surface area contributed by atoms with Crippen molar-refractivity contribution in [1.82, 2.24) is 4.98 Å². The molecule has 1 aromatic carbocycles. The van der Waals surface area contributed by atoms with Crippen molar-refractivity contribution in [2.45, 2.75) is 78.1 Å². The minimum atomic E-state index is -0.0204. The van der Waals surface area contributed by atoms with E-state index in [2.05, 4.69) is 32.0 Å². The molecule has 1 heterocycles. The van der Waals surface area contributed by atoms with Gasteiger partial charge in [-0.3, -0.25) is 4.79 Å². The van der Waals surface area contributed by atoms with Gasteiger partial charge in [0.2, 0.25) is 0 Å². The number of nitrogens with zero attached hydrogens (tertiary/aromatic N) is 1. The zero-order valence-electron chi connectivity index (χ0n) is 19.7. The molecule has 0 radical (unpaired) electrons. The van der Waals surface area contributed by atoms with E-state index in [9.17, 15) is 4.79 Å². The van der Waals surface area contributed by atoms with Crippen LogP contribution in [-0.4, -0.2) is 17.4 Å². The maximum Gasteiger partial charge on any atom is 0.139 e. The van der Waals surface area contributed by atoms with Crippen LogP contribution in [0, 0.1) is 28.6 Å². The molecule has 0 bridgehead atoms. The number of hydrogen-bond donors (Lipinski definition) is 0. The second-order valence-corrected chi connectivity index (χ2v) is 12.3. The number of aromatic nitrogens is 1. The first-order valence-electron chi connectivity index (χ1n) is 12.7. The molecule has 170 valence electrons. The van der Waals surface area contributed by atoms with Gasteiger partial charge in [0.1, 0.15) is 16.5 Å². The Morgan fingerprint density at radius 1 is 1.09 bits per heavy atom. The highest BCUT2D eigenvalue weighted by atomic mass is 32.1. The standard InChI is InChI=1S/C28H35NO2S/c1-4-31-18-7-5-6-17(16-18)26-29-23-13-15-27(2)21-12-14-28(3)20(10-11-24(28)30)19(21)8-9-22(27)25(23)32-26/h5-7,16,19-22H,4,8-15H2,1-3H3/t19-,20-,21-,22?,27+,28-/m0/s1. The molecule has 0 saturated heterocycles. The quantitative estimate of drug-likeness (QED) is 0.504. The number of carbonyl (C=O) groups excluding carboxylic acids is 1. The summed E-state index contributed by atoms with van der Waals surface area (Å²) in [5, 5.41) is 1.15. The summed E-state index contributed by atoms with van der Waals surface area (Å²) in [6.45, 7) is 7.60. The van der Waals surface area contributed by atoms with Gasteiger partial charge in [-0.25, -0.2) is 4.98 Å². The zero-order valence-corrected chi connectivity index (χ0v) is 20.5. The van der Waals surface area contributed by atoms with Gasteiger partial charge in [0.25, 0.3) is 0 Å². The Morgan fingerprint density at radius 3 is 2.81 bits per heavy atom. The number of thiazole rings is 1. The largest absolute Gasteiger partial charge is 0.494 e. The van der Waals surface area contributed by atoms with Gasteiger partial charge in [-0.1, -0.05) is 26.0 Å². The third-order valence-corrected chi connectivity index (χ3v) is 11.2. The molecule has 1 unspecified atom stereocenters. The first-order valence-corrected chi connectivity index (χ1v) is 13.5. The van der Waals surface area contributed by atoms with E-state index in [1.54, 1.807) is 4.88 Å². The van der Waals surface area contributed by atoms with Crippen molar-refractivity contribution in [3.8, 4) is 16.3 Å².